The van der Waals surface area contributed by atoms with E-state index < -0.39 is 29.7 Å². The Morgan fingerprint density at radius 3 is 2.43 bits per heavy atom. The highest BCUT2D eigenvalue weighted by molar-refractivity contribution is 6.23. The number of benzene rings is 1. The first kappa shape index (κ1) is 24.7. The number of imidazole rings is 1. The minimum Gasteiger partial charge on any atom is -0.364 e. The molecule has 2 N–H and O–H groups in total. The van der Waals surface area contributed by atoms with Gasteiger partial charge in [0.15, 0.2) is 0 Å². The second-order valence-corrected chi connectivity index (χ2v) is 11.7. The zero-order valence-electron chi connectivity index (χ0n) is 21.7. The van der Waals surface area contributed by atoms with E-state index in [-0.39, 0.29) is 34.9 Å². The third-order valence-corrected chi connectivity index (χ3v) is 6.67. The van der Waals surface area contributed by atoms with Crippen molar-refractivity contribution in [1.29, 1.82) is 0 Å². The molecule has 0 radical (unpaired) electrons. The number of nitrogens with one attached hydrogen (secondary N) is 2. The second-order valence-electron chi connectivity index (χ2n) is 11.7. The summed E-state index contributed by atoms with van der Waals surface area (Å²) in [6, 6.07) is 9.83. The smallest absolute Gasteiger partial charge is 0.262 e. The van der Waals surface area contributed by atoms with Crippen molar-refractivity contribution < 1.29 is 19.2 Å². The summed E-state index contributed by atoms with van der Waals surface area (Å²) in [6.07, 6.45) is 3.04. The molecule has 1 atom stereocenters. The summed E-state index contributed by atoms with van der Waals surface area (Å²) in [5.74, 6) is -1.30. The van der Waals surface area contributed by atoms with Crippen molar-refractivity contribution in [2.75, 3.05) is 5.32 Å². The van der Waals surface area contributed by atoms with Crippen LogP contribution >= 0.6 is 0 Å². The van der Waals surface area contributed by atoms with Gasteiger partial charge in [-0.3, -0.25) is 33.8 Å². The van der Waals surface area contributed by atoms with Gasteiger partial charge >= 0.3 is 0 Å². The Labute approximate surface area is 215 Å². The van der Waals surface area contributed by atoms with Crippen LogP contribution in [0, 0.1) is 5.41 Å². The fourth-order valence-electron chi connectivity index (χ4n) is 5.63. The van der Waals surface area contributed by atoms with Crippen LogP contribution in [0.2, 0.25) is 0 Å². The summed E-state index contributed by atoms with van der Waals surface area (Å²) in [6.45, 7) is 10.9. The number of imide groups is 2. The number of pyridine rings is 1. The highest BCUT2D eigenvalue weighted by Gasteiger charge is 2.44. The summed E-state index contributed by atoms with van der Waals surface area (Å²) in [4.78, 5) is 56.3. The molecule has 192 valence electrons. The number of rotatable bonds is 5. The van der Waals surface area contributed by atoms with Crippen molar-refractivity contribution in [2.24, 2.45) is 5.41 Å². The van der Waals surface area contributed by atoms with Gasteiger partial charge in [-0.25, -0.2) is 4.98 Å². The number of piperidine rings is 1. The molecule has 2 aromatic heterocycles. The zero-order valence-corrected chi connectivity index (χ0v) is 21.7. The summed E-state index contributed by atoms with van der Waals surface area (Å²) < 4.78 is 1.98. The number of carbonyl (C=O) groups is 4. The Hall–Kier alpha value is -4.01. The maximum atomic E-state index is 13.4. The maximum Gasteiger partial charge on any atom is 0.262 e. The van der Waals surface area contributed by atoms with Crippen molar-refractivity contribution in [2.45, 2.75) is 65.5 Å². The van der Waals surface area contributed by atoms with Gasteiger partial charge in [0.2, 0.25) is 11.8 Å². The summed E-state index contributed by atoms with van der Waals surface area (Å²) in [7, 11) is 0. The molecule has 9 nitrogen and oxygen atoms in total. The van der Waals surface area contributed by atoms with Gasteiger partial charge in [-0.05, 0) is 56.4 Å². The Kier molecular flexibility index (Phi) is 5.69. The van der Waals surface area contributed by atoms with E-state index in [1.54, 1.807) is 18.2 Å². The zero-order chi connectivity index (χ0) is 26.7. The van der Waals surface area contributed by atoms with Gasteiger partial charge in [0, 0.05) is 23.7 Å². The van der Waals surface area contributed by atoms with Gasteiger partial charge in [0.1, 0.15) is 23.2 Å². The average Bonchev–Trinajstić information content (AvgIpc) is 3.27. The SMILES string of the molecule is CC(C)(C)CC(C)(C)Nc1c(-c2ccc3c(c2)C(=O)N(C2CCC(=O)NC2=O)C3=O)nc2ccccn12. The van der Waals surface area contributed by atoms with Crippen LogP contribution in [0.1, 0.15) is 74.6 Å². The van der Waals surface area contributed by atoms with Crippen LogP contribution in [0.4, 0.5) is 5.82 Å². The van der Waals surface area contributed by atoms with Crippen LogP contribution in [0.5, 0.6) is 0 Å². The van der Waals surface area contributed by atoms with Crippen molar-refractivity contribution in [1.82, 2.24) is 19.6 Å². The molecule has 4 heterocycles. The van der Waals surface area contributed by atoms with E-state index in [4.69, 9.17) is 4.98 Å². The molecule has 2 aliphatic heterocycles. The highest BCUT2D eigenvalue weighted by Crippen LogP contribution is 2.37. The van der Waals surface area contributed by atoms with Gasteiger partial charge in [-0.1, -0.05) is 32.9 Å². The number of carbonyl (C=O) groups excluding carboxylic acids is 4. The third kappa shape index (κ3) is 4.50. The third-order valence-electron chi connectivity index (χ3n) is 6.67. The van der Waals surface area contributed by atoms with Crippen molar-refractivity contribution in [3.8, 4) is 11.3 Å². The van der Waals surface area contributed by atoms with E-state index in [9.17, 15) is 19.2 Å². The Morgan fingerprint density at radius 2 is 1.73 bits per heavy atom. The van der Waals surface area contributed by atoms with Gasteiger partial charge in [0.25, 0.3) is 11.8 Å². The van der Waals surface area contributed by atoms with Crippen LogP contribution < -0.4 is 10.6 Å². The minimum atomic E-state index is -1.00. The fourth-order valence-corrected chi connectivity index (χ4v) is 5.63. The fraction of sp³-hybridized carbons (Fsp3) is 0.393. The largest absolute Gasteiger partial charge is 0.364 e. The Morgan fingerprint density at radius 1 is 1.00 bits per heavy atom. The van der Waals surface area contributed by atoms with Crippen molar-refractivity contribution in [3.05, 3.63) is 53.7 Å². The number of hydrogen-bond acceptors (Lipinski definition) is 6. The highest BCUT2D eigenvalue weighted by atomic mass is 16.2. The number of nitrogens with zero attached hydrogens (tertiary/aromatic N) is 3. The number of fused-ring (bicyclic) bond motifs is 2. The van der Waals surface area contributed by atoms with Crippen molar-refractivity contribution in [3.63, 3.8) is 0 Å². The summed E-state index contributed by atoms with van der Waals surface area (Å²) in [5.41, 5.74) is 2.40. The number of aromatic nitrogens is 2. The molecule has 2 aliphatic rings. The van der Waals surface area contributed by atoms with Crippen molar-refractivity contribution >= 4 is 35.1 Å². The van der Waals surface area contributed by atoms with Gasteiger partial charge in [-0.2, -0.15) is 0 Å². The van der Waals surface area contributed by atoms with E-state index in [2.05, 4.69) is 45.3 Å². The molecule has 1 aromatic carbocycles. The molecule has 1 saturated heterocycles. The lowest BCUT2D eigenvalue weighted by Gasteiger charge is -2.34. The quantitative estimate of drug-likeness (QED) is 0.511. The molecule has 0 bridgehead atoms. The topological polar surface area (TPSA) is 113 Å². The number of anilines is 1. The molecule has 0 saturated carbocycles. The second kappa shape index (κ2) is 8.54. The first-order valence-corrected chi connectivity index (χ1v) is 12.5. The molecule has 3 aromatic rings. The summed E-state index contributed by atoms with van der Waals surface area (Å²) >= 11 is 0. The van der Waals surface area contributed by atoms with E-state index in [0.29, 0.717) is 11.3 Å². The number of hydrogen-bond donors (Lipinski definition) is 2. The van der Waals surface area contributed by atoms with Crippen LogP contribution in [0.3, 0.4) is 0 Å². The van der Waals surface area contributed by atoms with Crippen LogP contribution in [0.15, 0.2) is 42.6 Å². The van der Waals surface area contributed by atoms with Gasteiger partial charge in [-0.15, -0.1) is 0 Å². The lowest BCUT2D eigenvalue weighted by molar-refractivity contribution is -0.136. The number of amides is 4. The molecule has 9 heteroatoms. The van der Waals surface area contributed by atoms with Crippen LogP contribution in [-0.4, -0.2) is 49.5 Å². The molecule has 5 rings (SSSR count). The molecular weight excluding hydrogens is 470 g/mol. The maximum absolute atomic E-state index is 13.4. The monoisotopic (exact) mass is 501 g/mol. The summed E-state index contributed by atoms with van der Waals surface area (Å²) in [5, 5.41) is 5.90. The molecule has 0 spiro atoms. The predicted octanol–water partition coefficient (Wildman–Crippen LogP) is 4.03. The lowest BCUT2D eigenvalue weighted by atomic mass is 9.82. The first-order chi connectivity index (χ1) is 17.3. The molecule has 1 unspecified atom stereocenters. The first-order valence-electron chi connectivity index (χ1n) is 12.5. The van der Waals surface area contributed by atoms with E-state index in [1.165, 1.54) is 0 Å². The average molecular weight is 502 g/mol. The normalized spacial score (nSPS) is 18.4. The van der Waals surface area contributed by atoms with Crippen LogP contribution in [-0.2, 0) is 9.59 Å². The van der Waals surface area contributed by atoms with E-state index >= 15 is 0 Å². The van der Waals surface area contributed by atoms with E-state index in [0.717, 1.165) is 22.8 Å². The minimum absolute atomic E-state index is 0.0791. The standard InChI is InChI=1S/C28H31N5O4/c1-27(2,3)15-28(4,5)31-23-22(29-20-8-6-7-13-32(20)23)16-9-10-17-18(14-16)26(37)33(25(17)36)19-11-12-21(34)30-24(19)35/h6-10,13-14,19,31H,11-12,15H2,1-5H3,(H,30,34,35). The molecule has 37 heavy (non-hydrogen) atoms. The lowest BCUT2D eigenvalue weighted by Crippen LogP contribution is -2.54. The molecular formula is C28H31N5O4. The Balaban J connectivity index is 1.55. The Bertz CT molecular complexity index is 1460. The van der Waals surface area contributed by atoms with E-state index in [1.807, 2.05) is 28.8 Å². The predicted molar refractivity (Wildman–Crippen MR) is 139 cm³/mol. The molecule has 1 fully saturated rings. The molecule has 4 amide bonds. The van der Waals surface area contributed by atoms with Gasteiger partial charge < -0.3 is 5.32 Å². The van der Waals surface area contributed by atoms with Crippen LogP contribution in [0.25, 0.3) is 16.9 Å². The molecule has 0 aliphatic carbocycles. The van der Waals surface area contributed by atoms with Gasteiger partial charge in [0.05, 0.1) is 11.1 Å².